The molecule has 12 rings (SSSR count). The second-order valence-corrected chi connectivity index (χ2v) is 17.8. The van der Waals surface area contributed by atoms with Gasteiger partial charge >= 0.3 is 0 Å². The molecule has 0 unspecified atom stereocenters. The van der Waals surface area contributed by atoms with E-state index in [4.69, 9.17) is 0 Å². The molecule has 0 radical (unpaired) electrons. The van der Waals surface area contributed by atoms with E-state index in [1.54, 1.807) is 0 Å². The van der Waals surface area contributed by atoms with E-state index in [1.807, 2.05) is 0 Å². The van der Waals surface area contributed by atoms with Crippen LogP contribution in [-0.2, 0) is 0 Å². The lowest BCUT2D eigenvalue weighted by atomic mass is 9.98. The molecule has 2 nitrogen and oxygen atoms in total. The summed E-state index contributed by atoms with van der Waals surface area (Å²) in [6.07, 6.45) is 0. The third-order valence-electron chi connectivity index (χ3n) is 13.4. The van der Waals surface area contributed by atoms with Gasteiger partial charge in [-0.2, -0.15) is 0 Å². The molecule has 2 heteroatoms. The SMILES string of the molecule is c1ccc(-c2cccc(-c3ccc(N(c4ccc(-c5ccc(N(c6ccc7ccccc7c6)c6ccc7ccccc7c6)cc5)cc4)c4ccc(-c5cccc(-c6ccccc6)c5)cc4)cc3)c2)cc1. The van der Waals surface area contributed by atoms with Gasteiger partial charge in [0.05, 0.1) is 0 Å². The smallest absolute Gasteiger partial charge is 0.0468 e. The Balaban J connectivity index is 0.875. The molecule has 330 valence electrons. The van der Waals surface area contributed by atoms with Gasteiger partial charge in [-0.1, -0.05) is 206 Å². The Morgan fingerprint density at radius 1 is 0.143 bits per heavy atom. The van der Waals surface area contributed by atoms with E-state index in [-0.39, 0.29) is 0 Å². The van der Waals surface area contributed by atoms with Crippen molar-refractivity contribution in [1.29, 1.82) is 0 Å². The van der Waals surface area contributed by atoms with Crippen molar-refractivity contribution >= 4 is 55.7 Å². The summed E-state index contributed by atoms with van der Waals surface area (Å²) in [5, 5.41) is 4.88. The van der Waals surface area contributed by atoms with Crippen LogP contribution >= 0.6 is 0 Å². The highest BCUT2D eigenvalue weighted by molar-refractivity contribution is 5.93. The summed E-state index contributed by atoms with van der Waals surface area (Å²) < 4.78 is 0. The van der Waals surface area contributed by atoms with Gasteiger partial charge in [-0.15, -0.1) is 0 Å². The van der Waals surface area contributed by atoms with Crippen molar-refractivity contribution in [2.45, 2.75) is 0 Å². The summed E-state index contributed by atoms with van der Waals surface area (Å²) in [6.45, 7) is 0. The highest BCUT2D eigenvalue weighted by atomic mass is 15.1. The lowest BCUT2D eigenvalue weighted by Gasteiger charge is -2.27. The predicted molar refractivity (Wildman–Crippen MR) is 298 cm³/mol. The Labute approximate surface area is 410 Å². The topological polar surface area (TPSA) is 6.48 Å². The van der Waals surface area contributed by atoms with Gasteiger partial charge in [0.15, 0.2) is 0 Å². The van der Waals surface area contributed by atoms with E-state index in [1.165, 1.54) is 66.1 Å². The van der Waals surface area contributed by atoms with Crippen molar-refractivity contribution in [1.82, 2.24) is 0 Å². The Bertz CT molecular complexity index is 3530. The molecule has 0 atom stereocenters. The molecule has 0 fully saturated rings. The fourth-order valence-corrected chi connectivity index (χ4v) is 9.76. The van der Waals surface area contributed by atoms with Gasteiger partial charge in [0.2, 0.25) is 0 Å². The average molecular weight is 893 g/mol. The van der Waals surface area contributed by atoms with Crippen molar-refractivity contribution in [3.05, 3.63) is 291 Å². The Hall–Kier alpha value is -9.24. The predicted octanol–water partition coefficient (Wildman–Crippen LogP) is 19.3. The maximum Gasteiger partial charge on any atom is 0.0468 e. The second kappa shape index (κ2) is 18.8. The van der Waals surface area contributed by atoms with E-state index in [2.05, 4.69) is 301 Å². The van der Waals surface area contributed by atoms with Gasteiger partial charge in [-0.05, 0) is 162 Å². The number of anilines is 6. The van der Waals surface area contributed by atoms with E-state index in [9.17, 15) is 0 Å². The zero-order chi connectivity index (χ0) is 46.6. The van der Waals surface area contributed by atoms with Crippen molar-refractivity contribution in [2.75, 3.05) is 9.80 Å². The molecule has 0 spiro atoms. The quantitative estimate of drug-likeness (QED) is 0.128. The summed E-state index contributed by atoms with van der Waals surface area (Å²) in [5.41, 5.74) is 18.5. The minimum Gasteiger partial charge on any atom is -0.311 e. The zero-order valence-electron chi connectivity index (χ0n) is 38.6. The van der Waals surface area contributed by atoms with Crippen LogP contribution < -0.4 is 9.80 Å². The van der Waals surface area contributed by atoms with E-state index >= 15 is 0 Å². The first-order valence-electron chi connectivity index (χ1n) is 24.0. The molecule has 12 aromatic carbocycles. The van der Waals surface area contributed by atoms with Crippen molar-refractivity contribution in [2.24, 2.45) is 0 Å². The van der Waals surface area contributed by atoms with Gasteiger partial charge in [0.25, 0.3) is 0 Å². The molecule has 0 aliphatic rings. The monoisotopic (exact) mass is 892 g/mol. The van der Waals surface area contributed by atoms with Crippen LogP contribution in [0.15, 0.2) is 291 Å². The molecule has 0 bridgehead atoms. The molecule has 0 aromatic heterocycles. The molecule has 70 heavy (non-hydrogen) atoms. The molecule has 0 amide bonds. The fourth-order valence-electron chi connectivity index (χ4n) is 9.76. The van der Waals surface area contributed by atoms with Crippen molar-refractivity contribution < 1.29 is 0 Å². The van der Waals surface area contributed by atoms with Gasteiger partial charge in [0.1, 0.15) is 0 Å². The lowest BCUT2D eigenvalue weighted by molar-refractivity contribution is 1.28. The number of benzene rings is 12. The largest absolute Gasteiger partial charge is 0.311 e. The van der Waals surface area contributed by atoms with E-state index < -0.39 is 0 Å². The number of hydrogen-bond donors (Lipinski definition) is 0. The summed E-state index contributed by atoms with van der Waals surface area (Å²) in [7, 11) is 0. The van der Waals surface area contributed by atoms with Gasteiger partial charge < -0.3 is 9.80 Å². The normalized spacial score (nSPS) is 11.1. The maximum absolute atomic E-state index is 2.36. The first kappa shape index (κ1) is 42.1. The number of rotatable bonds is 11. The van der Waals surface area contributed by atoms with Gasteiger partial charge in [-0.3, -0.25) is 0 Å². The Morgan fingerprint density at radius 3 is 0.729 bits per heavy atom. The van der Waals surface area contributed by atoms with Crippen molar-refractivity contribution in [3.8, 4) is 55.6 Å². The molecule has 0 aliphatic heterocycles. The van der Waals surface area contributed by atoms with Crippen LogP contribution in [0.4, 0.5) is 34.1 Å². The van der Waals surface area contributed by atoms with Gasteiger partial charge in [-0.25, -0.2) is 0 Å². The highest BCUT2D eigenvalue weighted by Crippen LogP contribution is 2.41. The first-order valence-corrected chi connectivity index (χ1v) is 24.0. The molecular formula is C68H48N2. The standard InChI is InChI=1S/C68H48N2/c1-3-13-49(14-4-1)57-21-11-23-59(45-57)55-29-39-64(40-30-55)69(65-41-31-56(32-42-65)60-24-12-22-58(46-60)50-15-5-2-6-16-50)63-35-25-53(26-36-63)54-27-37-66(38-28-54)70(67-43-33-51-17-7-9-19-61(51)47-67)68-44-34-52-18-8-10-20-62(52)48-68/h1-48H. The third-order valence-corrected chi connectivity index (χ3v) is 13.4. The van der Waals surface area contributed by atoms with Gasteiger partial charge in [0, 0.05) is 34.1 Å². The number of nitrogens with zero attached hydrogens (tertiary/aromatic N) is 2. The summed E-state index contributed by atoms with van der Waals surface area (Å²) in [5.74, 6) is 0. The average Bonchev–Trinajstić information content (AvgIpc) is 3.44. The van der Waals surface area contributed by atoms with Crippen LogP contribution in [-0.4, -0.2) is 0 Å². The lowest BCUT2D eigenvalue weighted by Crippen LogP contribution is -2.10. The van der Waals surface area contributed by atoms with E-state index in [0.717, 1.165) is 45.3 Å². The maximum atomic E-state index is 2.36. The van der Waals surface area contributed by atoms with Crippen LogP contribution in [0.2, 0.25) is 0 Å². The van der Waals surface area contributed by atoms with E-state index in [0.29, 0.717) is 0 Å². The highest BCUT2D eigenvalue weighted by Gasteiger charge is 2.17. The molecule has 0 aliphatic carbocycles. The molecule has 0 N–H and O–H groups in total. The first-order chi connectivity index (χ1) is 34.7. The van der Waals surface area contributed by atoms with Crippen LogP contribution in [0, 0.1) is 0 Å². The third kappa shape index (κ3) is 8.63. The number of fused-ring (bicyclic) bond motifs is 2. The van der Waals surface area contributed by atoms with Crippen molar-refractivity contribution in [3.63, 3.8) is 0 Å². The Kier molecular flexibility index (Phi) is 11.3. The summed E-state index contributed by atoms with van der Waals surface area (Å²) in [4.78, 5) is 4.71. The zero-order valence-corrected chi connectivity index (χ0v) is 38.6. The minimum atomic E-state index is 1.08. The second-order valence-electron chi connectivity index (χ2n) is 17.8. The summed E-state index contributed by atoms with van der Waals surface area (Å²) >= 11 is 0. The fraction of sp³-hybridized carbons (Fsp3) is 0. The Morgan fingerprint density at radius 2 is 0.386 bits per heavy atom. The van der Waals surface area contributed by atoms with Crippen LogP contribution in [0.5, 0.6) is 0 Å². The molecule has 0 saturated heterocycles. The molecule has 12 aromatic rings. The van der Waals surface area contributed by atoms with Crippen LogP contribution in [0.1, 0.15) is 0 Å². The summed E-state index contributed by atoms with van der Waals surface area (Å²) in [6, 6.07) is 105. The molecular weight excluding hydrogens is 845 g/mol. The molecule has 0 heterocycles. The molecule has 0 saturated carbocycles. The van der Waals surface area contributed by atoms with Crippen LogP contribution in [0.3, 0.4) is 0 Å². The number of hydrogen-bond acceptors (Lipinski definition) is 2. The van der Waals surface area contributed by atoms with Crippen LogP contribution in [0.25, 0.3) is 77.2 Å². The minimum absolute atomic E-state index is 1.08.